The van der Waals surface area contributed by atoms with Crippen molar-refractivity contribution in [2.75, 3.05) is 33.9 Å². The number of rotatable bonds is 8. The monoisotopic (exact) mass is 470 g/mol. The Balaban J connectivity index is 0.00000529. The van der Waals surface area contributed by atoms with Gasteiger partial charge < -0.3 is 20.1 Å². The molecule has 1 rings (SSSR count). The zero-order chi connectivity index (χ0) is 17.2. The van der Waals surface area contributed by atoms with E-state index in [1.165, 1.54) is 11.3 Å². The standard InChI is InChI=1S/C15H26N4O3S.HI/c1-6-22-14(20)12-10(2)18-13(23-12)11(3)19-15(16-4)17-8-7-9-21-5;/h11H,6-9H2,1-5H3,(H2,16,17,19);1H. The molecule has 2 N–H and O–H groups in total. The molecule has 0 aliphatic carbocycles. The lowest BCUT2D eigenvalue weighted by atomic mass is 10.3. The molecule has 1 aromatic rings. The molecule has 0 bridgehead atoms. The van der Waals surface area contributed by atoms with Crippen LogP contribution in [0.4, 0.5) is 0 Å². The van der Waals surface area contributed by atoms with Crippen LogP contribution in [-0.4, -0.2) is 50.8 Å². The molecule has 0 amide bonds. The van der Waals surface area contributed by atoms with Crippen LogP contribution >= 0.6 is 35.3 Å². The van der Waals surface area contributed by atoms with Crippen LogP contribution in [0.3, 0.4) is 0 Å². The fourth-order valence-corrected chi connectivity index (χ4v) is 2.84. The summed E-state index contributed by atoms with van der Waals surface area (Å²) in [6.45, 7) is 7.42. The molecule has 1 unspecified atom stereocenters. The number of carbonyl (C=O) groups excluding carboxylic acids is 1. The molecule has 1 aromatic heterocycles. The fraction of sp³-hybridized carbons (Fsp3) is 0.667. The average molecular weight is 470 g/mol. The third kappa shape index (κ3) is 7.31. The summed E-state index contributed by atoms with van der Waals surface area (Å²) in [6.07, 6.45) is 0.898. The van der Waals surface area contributed by atoms with E-state index in [-0.39, 0.29) is 36.0 Å². The number of ether oxygens (including phenoxy) is 2. The van der Waals surface area contributed by atoms with Gasteiger partial charge in [-0.3, -0.25) is 4.99 Å². The molecule has 138 valence electrons. The molecule has 0 fully saturated rings. The van der Waals surface area contributed by atoms with Crippen LogP contribution in [0.1, 0.15) is 46.7 Å². The van der Waals surface area contributed by atoms with Gasteiger partial charge in [0.05, 0.1) is 18.3 Å². The minimum atomic E-state index is -0.317. The maximum Gasteiger partial charge on any atom is 0.350 e. The van der Waals surface area contributed by atoms with Crippen molar-refractivity contribution >= 4 is 47.2 Å². The smallest absolute Gasteiger partial charge is 0.350 e. The first kappa shape index (κ1) is 23.1. The lowest BCUT2D eigenvalue weighted by molar-refractivity contribution is 0.0531. The number of aryl methyl sites for hydroxylation is 1. The van der Waals surface area contributed by atoms with Gasteiger partial charge in [0, 0.05) is 27.3 Å². The van der Waals surface area contributed by atoms with E-state index in [0.29, 0.717) is 29.7 Å². The normalized spacial score (nSPS) is 12.3. The highest BCUT2D eigenvalue weighted by Crippen LogP contribution is 2.24. The third-order valence-electron chi connectivity index (χ3n) is 3.04. The minimum absolute atomic E-state index is 0. The molecule has 1 atom stereocenters. The van der Waals surface area contributed by atoms with Crippen molar-refractivity contribution in [3.05, 3.63) is 15.6 Å². The highest BCUT2D eigenvalue weighted by Gasteiger charge is 2.19. The van der Waals surface area contributed by atoms with Crippen LogP contribution in [0.5, 0.6) is 0 Å². The summed E-state index contributed by atoms with van der Waals surface area (Å²) in [5.41, 5.74) is 0.695. The van der Waals surface area contributed by atoms with Crippen LogP contribution in [0, 0.1) is 6.92 Å². The van der Waals surface area contributed by atoms with Gasteiger partial charge in [-0.05, 0) is 27.2 Å². The van der Waals surface area contributed by atoms with Crippen LogP contribution in [0.25, 0.3) is 0 Å². The molecule has 1 heterocycles. The number of nitrogens with one attached hydrogen (secondary N) is 2. The lowest BCUT2D eigenvalue weighted by Crippen LogP contribution is -2.39. The minimum Gasteiger partial charge on any atom is -0.462 e. The van der Waals surface area contributed by atoms with Crippen molar-refractivity contribution in [3.63, 3.8) is 0 Å². The molecule has 0 radical (unpaired) electrons. The van der Waals surface area contributed by atoms with Gasteiger partial charge in [0.15, 0.2) is 5.96 Å². The number of esters is 1. The van der Waals surface area contributed by atoms with Crippen LogP contribution in [0.15, 0.2) is 4.99 Å². The zero-order valence-corrected chi connectivity index (χ0v) is 18.0. The Bertz CT molecular complexity index is 537. The number of hydrogen-bond donors (Lipinski definition) is 2. The van der Waals surface area contributed by atoms with Gasteiger partial charge in [-0.25, -0.2) is 9.78 Å². The molecule has 24 heavy (non-hydrogen) atoms. The van der Waals surface area contributed by atoms with E-state index in [2.05, 4.69) is 20.6 Å². The van der Waals surface area contributed by atoms with Gasteiger partial charge >= 0.3 is 5.97 Å². The van der Waals surface area contributed by atoms with Crippen LogP contribution < -0.4 is 10.6 Å². The Hall–Kier alpha value is -0.940. The first-order valence-corrected chi connectivity index (χ1v) is 8.45. The van der Waals surface area contributed by atoms with E-state index in [1.807, 2.05) is 13.8 Å². The fourth-order valence-electron chi connectivity index (χ4n) is 1.87. The molecule has 9 heteroatoms. The number of halogens is 1. The van der Waals surface area contributed by atoms with Crippen molar-refractivity contribution in [2.45, 2.75) is 33.2 Å². The van der Waals surface area contributed by atoms with Crippen molar-refractivity contribution in [1.82, 2.24) is 15.6 Å². The van der Waals surface area contributed by atoms with Crippen LogP contribution in [0.2, 0.25) is 0 Å². The predicted molar refractivity (Wildman–Crippen MR) is 108 cm³/mol. The van der Waals surface area contributed by atoms with Crippen molar-refractivity contribution < 1.29 is 14.3 Å². The average Bonchev–Trinajstić information content (AvgIpc) is 2.92. The number of aromatic nitrogens is 1. The number of guanidine groups is 1. The molecule has 0 saturated carbocycles. The summed E-state index contributed by atoms with van der Waals surface area (Å²) in [5.74, 6) is 0.377. The first-order chi connectivity index (χ1) is 11.0. The predicted octanol–water partition coefficient (Wildman–Crippen LogP) is 2.51. The maximum atomic E-state index is 11.9. The molecule has 0 aliphatic rings. The highest BCUT2D eigenvalue weighted by atomic mass is 127. The number of aliphatic imine (C=N–C) groups is 1. The number of nitrogens with zero attached hydrogens (tertiary/aromatic N) is 2. The van der Waals surface area contributed by atoms with Crippen LogP contribution in [-0.2, 0) is 9.47 Å². The molecule has 0 saturated heterocycles. The summed E-state index contributed by atoms with van der Waals surface area (Å²) in [6, 6.07) is -0.0597. The molecular formula is C15H27IN4O3S. The van der Waals surface area contributed by atoms with Gasteiger partial charge in [0.25, 0.3) is 0 Å². The van der Waals surface area contributed by atoms with Gasteiger partial charge in [-0.2, -0.15) is 0 Å². The Morgan fingerprint density at radius 2 is 2.17 bits per heavy atom. The summed E-state index contributed by atoms with van der Waals surface area (Å²) < 4.78 is 10.1. The second-order valence-electron chi connectivity index (χ2n) is 4.90. The first-order valence-electron chi connectivity index (χ1n) is 7.64. The van der Waals surface area contributed by atoms with E-state index < -0.39 is 0 Å². The molecule has 0 aromatic carbocycles. The zero-order valence-electron chi connectivity index (χ0n) is 14.8. The van der Waals surface area contributed by atoms with E-state index in [1.54, 1.807) is 21.1 Å². The van der Waals surface area contributed by atoms with Gasteiger partial charge in [-0.15, -0.1) is 35.3 Å². The largest absolute Gasteiger partial charge is 0.462 e. The third-order valence-corrected chi connectivity index (χ3v) is 4.36. The van der Waals surface area contributed by atoms with E-state index in [4.69, 9.17) is 9.47 Å². The van der Waals surface area contributed by atoms with E-state index in [9.17, 15) is 4.79 Å². The summed E-state index contributed by atoms with van der Waals surface area (Å²) in [4.78, 5) is 21.1. The van der Waals surface area contributed by atoms with Gasteiger partial charge in [0.2, 0.25) is 0 Å². The summed E-state index contributed by atoms with van der Waals surface area (Å²) in [5, 5.41) is 7.30. The Morgan fingerprint density at radius 1 is 1.46 bits per heavy atom. The van der Waals surface area contributed by atoms with Crippen molar-refractivity contribution in [3.8, 4) is 0 Å². The Kier molecular flexibility index (Phi) is 11.9. The van der Waals surface area contributed by atoms with Crippen molar-refractivity contribution in [1.29, 1.82) is 0 Å². The number of hydrogen-bond acceptors (Lipinski definition) is 6. The quantitative estimate of drug-likeness (QED) is 0.200. The SMILES string of the molecule is CCOC(=O)c1sc(C(C)NC(=NC)NCCCOC)nc1C.I. The maximum absolute atomic E-state index is 11.9. The summed E-state index contributed by atoms with van der Waals surface area (Å²) >= 11 is 1.35. The Morgan fingerprint density at radius 3 is 2.75 bits per heavy atom. The molecule has 0 aliphatic heterocycles. The number of carbonyl (C=O) groups is 1. The second kappa shape index (κ2) is 12.4. The summed E-state index contributed by atoms with van der Waals surface area (Å²) in [7, 11) is 3.40. The lowest BCUT2D eigenvalue weighted by Gasteiger charge is -2.16. The molecule has 0 spiro atoms. The van der Waals surface area contributed by atoms with E-state index in [0.717, 1.165) is 18.0 Å². The van der Waals surface area contributed by atoms with E-state index >= 15 is 0 Å². The number of methoxy groups -OCH3 is 1. The second-order valence-corrected chi connectivity index (χ2v) is 5.93. The topological polar surface area (TPSA) is 84.8 Å². The highest BCUT2D eigenvalue weighted by molar-refractivity contribution is 14.0. The van der Waals surface area contributed by atoms with Gasteiger partial charge in [0.1, 0.15) is 9.88 Å². The number of thiazole rings is 1. The molecular weight excluding hydrogens is 443 g/mol. The van der Waals surface area contributed by atoms with Gasteiger partial charge in [-0.1, -0.05) is 0 Å². The van der Waals surface area contributed by atoms with Crippen molar-refractivity contribution in [2.24, 2.45) is 4.99 Å². The molecule has 7 nitrogen and oxygen atoms in total. The Labute approximate surface area is 164 Å².